The Bertz CT molecular complexity index is 659. The van der Waals surface area contributed by atoms with E-state index in [9.17, 15) is 5.26 Å². The lowest BCUT2D eigenvalue weighted by molar-refractivity contribution is 0.399. The molecule has 1 aliphatic rings. The highest BCUT2D eigenvalue weighted by molar-refractivity contribution is 5.93. The fourth-order valence-electron chi connectivity index (χ4n) is 2.86. The lowest BCUT2D eigenvalue weighted by Crippen LogP contribution is -2.19. The highest BCUT2D eigenvalue weighted by Gasteiger charge is 2.19. The molecule has 1 N–H and O–H groups in total. The third kappa shape index (κ3) is 2.45. The van der Waals surface area contributed by atoms with Crippen molar-refractivity contribution in [2.45, 2.75) is 6.42 Å². The molecule has 1 unspecified atom stereocenters. The Kier molecular flexibility index (Phi) is 3.53. The molecule has 102 valence electrons. The van der Waals surface area contributed by atoms with Gasteiger partial charge < -0.3 is 10.2 Å². The summed E-state index contributed by atoms with van der Waals surface area (Å²) >= 11 is 0. The number of rotatable bonds is 3. The van der Waals surface area contributed by atoms with Gasteiger partial charge in [0.05, 0.1) is 16.8 Å². The fraction of sp³-hybridized carbons (Fsp3) is 0.375. The quantitative estimate of drug-likeness (QED) is 0.927. The number of hydrogen-bond donors (Lipinski definition) is 1. The van der Waals surface area contributed by atoms with Crippen molar-refractivity contribution < 1.29 is 0 Å². The smallest absolute Gasteiger partial charge is 0.103 e. The molecule has 2 aromatic rings. The molecule has 4 heteroatoms. The molecule has 1 saturated heterocycles. The van der Waals surface area contributed by atoms with Gasteiger partial charge in [-0.15, -0.1) is 0 Å². The van der Waals surface area contributed by atoms with Crippen LogP contribution in [0.1, 0.15) is 12.0 Å². The minimum Gasteiger partial charge on any atom is -0.383 e. The van der Waals surface area contributed by atoms with Crippen LogP contribution in [0.4, 0.5) is 5.69 Å². The first-order valence-electron chi connectivity index (χ1n) is 6.98. The number of hydrogen-bond acceptors (Lipinski definition) is 4. The Morgan fingerprint density at radius 2 is 2.30 bits per heavy atom. The van der Waals surface area contributed by atoms with Gasteiger partial charge in [0.25, 0.3) is 0 Å². The molecule has 1 aromatic carbocycles. The van der Waals surface area contributed by atoms with E-state index < -0.39 is 0 Å². The van der Waals surface area contributed by atoms with Crippen molar-refractivity contribution in [3.63, 3.8) is 0 Å². The van der Waals surface area contributed by atoms with Crippen LogP contribution < -0.4 is 5.32 Å². The Morgan fingerprint density at radius 3 is 3.05 bits per heavy atom. The van der Waals surface area contributed by atoms with E-state index in [2.05, 4.69) is 28.3 Å². The number of nitrogens with zero attached hydrogens (tertiary/aromatic N) is 3. The molecule has 1 fully saturated rings. The number of nitriles is 1. The first kappa shape index (κ1) is 12.9. The van der Waals surface area contributed by atoms with E-state index in [4.69, 9.17) is 0 Å². The Labute approximate surface area is 119 Å². The van der Waals surface area contributed by atoms with Crippen molar-refractivity contribution in [1.82, 2.24) is 9.88 Å². The van der Waals surface area contributed by atoms with Gasteiger partial charge in [-0.05, 0) is 32.0 Å². The van der Waals surface area contributed by atoms with E-state index in [1.807, 2.05) is 24.3 Å². The number of para-hydroxylation sites is 1. The average molecular weight is 266 g/mol. The third-order valence-corrected chi connectivity index (χ3v) is 3.95. The van der Waals surface area contributed by atoms with Crippen LogP contribution >= 0.6 is 0 Å². The molecule has 20 heavy (non-hydrogen) atoms. The maximum absolute atomic E-state index is 9.27. The Morgan fingerprint density at radius 1 is 1.45 bits per heavy atom. The van der Waals surface area contributed by atoms with Gasteiger partial charge in [0.15, 0.2) is 0 Å². The summed E-state index contributed by atoms with van der Waals surface area (Å²) in [5.41, 5.74) is 2.47. The third-order valence-electron chi connectivity index (χ3n) is 3.95. The minimum atomic E-state index is 0.620. The van der Waals surface area contributed by atoms with Crippen LogP contribution in [0, 0.1) is 17.2 Å². The summed E-state index contributed by atoms with van der Waals surface area (Å²) in [5.74, 6) is 0.651. The zero-order chi connectivity index (χ0) is 13.9. The molecule has 0 saturated carbocycles. The van der Waals surface area contributed by atoms with Crippen molar-refractivity contribution in [1.29, 1.82) is 5.26 Å². The lowest BCUT2D eigenvalue weighted by Gasteiger charge is -2.15. The summed E-state index contributed by atoms with van der Waals surface area (Å²) < 4.78 is 0. The monoisotopic (exact) mass is 266 g/mol. The fourth-order valence-corrected chi connectivity index (χ4v) is 2.86. The van der Waals surface area contributed by atoms with E-state index >= 15 is 0 Å². The highest BCUT2D eigenvalue weighted by atomic mass is 15.1. The second-order valence-corrected chi connectivity index (χ2v) is 5.47. The largest absolute Gasteiger partial charge is 0.383 e. The van der Waals surface area contributed by atoms with Crippen LogP contribution in [-0.2, 0) is 0 Å². The van der Waals surface area contributed by atoms with E-state index in [0.29, 0.717) is 11.5 Å². The number of nitrogens with one attached hydrogen (secondary N) is 1. The maximum atomic E-state index is 9.27. The molecule has 0 amide bonds. The second kappa shape index (κ2) is 5.48. The molecule has 0 radical (unpaired) electrons. The first-order chi connectivity index (χ1) is 9.78. The Balaban J connectivity index is 1.87. The lowest BCUT2D eigenvalue weighted by atomic mass is 10.1. The predicted molar refractivity (Wildman–Crippen MR) is 80.6 cm³/mol. The molecule has 4 nitrogen and oxygen atoms in total. The molecule has 0 spiro atoms. The van der Waals surface area contributed by atoms with Gasteiger partial charge in [-0.1, -0.05) is 18.2 Å². The SMILES string of the molecule is CN1CCC(CNc2c(C#N)cnc3ccccc23)C1. The van der Waals surface area contributed by atoms with Crippen molar-refractivity contribution in [3.8, 4) is 6.07 Å². The summed E-state index contributed by atoms with van der Waals surface area (Å²) in [7, 11) is 2.16. The molecule has 1 aliphatic heterocycles. The molecule has 3 rings (SSSR count). The summed E-state index contributed by atoms with van der Waals surface area (Å²) in [6.45, 7) is 3.19. The normalized spacial score (nSPS) is 19.1. The molecule has 2 heterocycles. The number of aromatic nitrogens is 1. The summed E-state index contributed by atoms with van der Waals surface area (Å²) in [6, 6.07) is 10.2. The van der Waals surface area contributed by atoms with E-state index in [0.717, 1.165) is 36.2 Å². The van der Waals surface area contributed by atoms with Crippen LogP contribution in [0.2, 0.25) is 0 Å². The minimum absolute atomic E-state index is 0.620. The van der Waals surface area contributed by atoms with Crippen molar-refractivity contribution in [3.05, 3.63) is 36.0 Å². The molecule has 0 aliphatic carbocycles. The van der Waals surface area contributed by atoms with Gasteiger partial charge in [-0.25, -0.2) is 0 Å². The zero-order valence-electron chi connectivity index (χ0n) is 11.6. The highest BCUT2D eigenvalue weighted by Crippen LogP contribution is 2.26. The van der Waals surface area contributed by atoms with Gasteiger partial charge in [-0.3, -0.25) is 4.98 Å². The molecular formula is C16H18N4. The number of anilines is 1. The van der Waals surface area contributed by atoms with Crippen LogP contribution in [0.25, 0.3) is 10.9 Å². The Hall–Kier alpha value is -2.12. The molecule has 0 bridgehead atoms. The first-order valence-corrected chi connectivity index (χ1v) is 6.98. The van der Waals surface area contributed by atoms with Crippen LogP contribution in [0.5, 0.6) is 0 Å². The van der Waals surface area contributed by atoms with Crippen LogP contribution in [-0.4, -0.2) is 36.6 Å². The van der Waals surface area contributed by atoms with E-state index in [1.54, 1.807) is 6.20 Å². The topological polar surface area (TPSA) is 52.0 Å². The average Bonchev–Trinajstić information content (AvgIpc) is 2.90. The van der Waals surface area contributed by atoms with Gasteiger partial charge >= 0.3 is 0 Å². The van der Waals surface area contributed by atoms with Gasteiger partial charge in [0.2, 0.25) is 0 Å². The zero-order valence-corrected chi connectivity index (χ0v) is 11.6. The maximum Gasteiger partial charge on any atom is 0.103 e. The summed E-state index contributed by atoms with van der Waals surface area (Å²) in [5, 5.41) is 13.8. The molecule has 1 aromatic heterocycles. The summed E-state index contributed by atoms with van der Waals surface area (Å²) in [6.07, 6.45) is 2.87. The van der Waals surface area contributed by atoms with Gasteiger partial charge in [0.1, 0.15) is 6.07 Å². The van der Waals surface area contributed by atoms with E-state index in [-0.39, 0.29) is 0 Å². The number of pyridine rings is 1. The van der Waals surface area contributed by atoms with Gasteiger partial charge in [0, 0.05) is 24.7 Å². The predicted octanol–water partition coefficient (Wildman–Crippen LogP) is 2.47. The number of benzene rings is 1. The standard InChI is InChI=1S/C16H18N4/c1-20-7-6-12(11-20)9-19-16-13(8-17)10-18-15-5-3-2-4-14(15)16/h2-5,10,12H,6-7,9,11H2,1H3,(H,18,19). The van der Waals surface area contributed by atoms with Crippen molar-refractivity contribution in [2.75, 3.05) is 32.0 Å². The number of fused-ring (bicyclic) bond motifs is 1. The van der Waals surface area contributed by atoms with Crippen molar-refractivity contribution >= 4 is 16.6 Å². The van der Waals surface area contributed by atoms with Crippen molar-refractivity contribution in [2.24, 2.45) is 5.92 Å². The summed E-state index contributed by atoms with van der Waals surface area (Å²) in [4.78, 5) is 6.68. The second-order valence-electron chi connectivity index (χ2n) is 5.47. The van der Waals surface area contributed by atoms with Gasteiger partial charge in [-0.2, -0.15) is 5.26 Å². The molecular weight excluding hydrogens is 248 g/mol. The molecule has 1 atom stereocenters. The number of likely N-dealkylation sites (tertiary alicyclic amines) is 1. The van der Waals surface area contributed by atoms with Crippen LogP contribution in [0.3, 0.4) is 0 Å². The van der Waals surface area contributed by atoms with E-state index in [1.165, 1.54) is 6.42 Å². The van der Waals surface area contributed by atoms with Crippen LogP contribution in [0.15, 0.2) is 30.5 Å².